The SMILES string of the molecule is CCOc1ccc(CC(=O)N2CCN3CCc4ccccc4C3C2)cc1. The average Bonchev–Trinajstić information content (AvgIpc) is 2.69. The maximum absolute atomic E-state index is 12.8. The minimum Gasteiger partial charge on any atom is -0.494 e. The Kier molecular flexibility index (Phi) is 4.93. The van der Waals surface area contributed by atoms with E-state index in [1.165, 1.54) is 11.1 Å². The predicted molar refractivity (Wildman–Crippen MR) is 102 cm³/mol. The number of piperazine rings is 1. The number of fused-ring (bicyclic) bond motifs is 3. The fraction of sp³-hybridized carbons (Fsp3) is 0.409. The van der Waals surface area contributed by atoms with Crippen LogP contribution in [0.1, 0.15) is 29.7 Å². The molecule has 1 unspecified atom stereocenters. The molecule has 4 heteroatoms. The number of nitrogens with zero attached hydrogens (tertiary/aromatic N) is 2. The molecule has 4 rings (SSSR count). The second-order valence-electron chi connectivity index (χ2n) is 7.09. The molecule has 0 spiro atoms. The van der Waals surface area contributed by atoms with Crippen LogP contribution in [0, 0.1) is 0 Å². The smallest absolute Gasteiger partial charge is 0.227 e. The highest BCUT2D eigenvalue weighted by Gasteiger charge is 2.33. The second kappa shape index (κ2) is 7.50. The zero-order valence-electron chi connectivity index (χ0n) is 15.4. The van der Waals surface area contributed by atoms with Gasteiger partial charge in [-0.05, 0) is 42.2 Å². The van der Waals surface area contributed by atoms with Crippen molar-refractivity contribution in [1.82, 2.24) is 9.80 Å². The van der Waals surface area contributed by atoms with Gasteiger partial charge in [0.25, 0.3) is 0 Å². The van der Waals surface area contributed by atoms with Crippen molar-refractivity contribution < 1.29 is 9.53 Å². The zero-order chi connectivity index (χ0) is 17.9. The van der Waals surface area contributed by atoms with E-state index in [-0.39, 0.29) is 5.91 Å². The first-order chi connectivity index (χ1) is 12.7. The fourth-order valence-corrected chi connectivity index (χ4v) is 4.12. The Morgan fingerprint density at radius 1 is 1.08 bits per heavy atom. The summed E-state index contributed by atoms with van der Waals surface area (Å²) in [5.41, 5.74) is 3.89. The summed E-state index contributed by atoms with van der Waals surface area (Å²) in [7, 11) is 0. The number of ether oxygens (including phenoxy) is 1. The highest BCUT2D eigenvalue weighted by molar-refractivity contribution is 5.79. The first kappa shape index (κ1) is 17.1. The summed E-state index contributed by atoms with van der Waals surface area (Å²) in [5, 5.41) is 0. The van der Waals surface area contributed by atoms with Crippen molar-refractivity contribution in [3.05, 3.63) is 65.2 Å². The topological polar surface area (TPSA) is 32.8 Å². The number of benzene rings is 2. The monoisotopic (exact) mass is 350 g/mol. The highest BCUT2D eigenvalue weighted by Crippen LogP contribution is 2.32. The highest BCUT2D eigenvalue weighted by atomic mass is 16.5. The minimum atomic E-state index is 0.219. The van der Waals surface area contributed by atoms with E-state index < -0.39 is 0 Å². The molecule has 0 radical (unpaired) electrons. The van der Waals surface area contributed by atoms with Gasteiger partial charge in [0.1, 0.15) is 5.75 Å². The lowest BCUT2D eigenvalue weighted by atomic mass is 9.91. The van der Waals surface area contributed by atoms with E-state index in [0.717, 1.165) is 43.9 Å². The molecule has 1 saturated heterocycles. The summed E-state index contributed by atoms with van der Waals surface area (Å²) in [6, 6.07) is 16.9. The lowest BCUT2D eigenvalue weighted by molar-refractivity contribution is -0.133. The van der Waals surface area contributed by atoms with Gasteiger partial charge in [-0.3, -0.25) is 9.69 Å². The molecule has 1 atom stereocenters. The third kappa shape index (κ3) is 3.47. The Balaban J connectivity index is 1.43. The molecule has 26 heavy (non-hydrogen) atoms. The van der Waals surface area contributed by atoms with E-state index in [4.69, 9.17) is 4.74 Å². The molecule has 0 bridgehead atoms. The number of hydrogen-bond acceptors (Lipinski definition) is 3. The van der Waals surface area contributed by atoms with E-state index in [9.17, 15) is 4.79 Å². The van der Waals surface area contributed by atoms with E-state index >= 15 is 0 Å². The van der Waals surface area contributed by atoms with Crippen molar-refractivity contribution >= 4 is 5.91 Å². The van der Waals surface area contributed by atoms with E-state index in [0.29, 0.717) is 19.1 Å². The quantitative estimate of drug-likeness (QED) is 0.850. The molecule has 2 aliphatic rings. The third-order valence-electron chi connectivity index (χ3n) is 5.52. The van der Waals surface area contributed by atoms with Gasteiger partial charge in [-0.15, -0.1) is 0 Å². The molecule has 2 aliphatic heterocycles. The molecule has 2 aromatic rings. The third-order valence-corrected chi connectivity index (χ3v) is 5.52. The van der Waals surface area contributed by atoms with Gasteiger partial charge in [0.2, 0.25) is 5.91 Å². The van der Waals surface area contributed by atoms with Crippen molar-refractivity contribution in [3.63, 3.8) is 0 Å². The zero-order valence-corrected chi connectivity index (χ0v) is 15.4. The summed E-state index contributed by atoms with van der Waals surface area (Å²) in [4.78, 5) is 17.4. The predicted octanol–water partition coefficient (Wildman–Crippen LogP) is 3.07. The van der Waals surface area contributed by atoms with Crippen molar-refractivity contribution in [3.8, 4) is 5.75 Å². The van der Waals surface area contributed by atoms with Gasteiger partial charge >= 0.3 is 0 Å². The lowest BCUT2D eigenvalue weighted by Crippen LogP contribution is -2.52. The first-order valence-electron chi connectivity index (χ1n) is 9.56. The summed E-state index contributed by atoms with van der Waals surface area (Å²) >= 11 is 0. The molecular weight excluding hydrogens is 324 g/mol. The van der Waals surface area contributed by atoms with Gasteiger partial charge in [0, 0.05) is 26.2 Å². The Morgan fingerprint density at radius 3 is 2.69 bits per heavy atom. The van der Waals surface area contributed by atoms with Crippen LogP contribution in [0.25, 0.3) is 0 Å². The summed E-state index contributed by atoms with van der Waals surface area (Å²) in [6.07, 6.45) is 1.58. The molecule has 0 aromatic heterocycles. The molecule has 2 aromatic carbocycles. The van der Waals surface area contributed by atoms with Crippen molar-refractivity contribution in [2.75, 3.05) is 32.8 Å². The van der Waals surface area contributed by atoms with Gasteiger partial charge in [0.15, 0.2) is 0 Å². The van der Waals surface area contributed by atoms with Gasteiger partial charge in [-0.25, -0.2) is 0 Å². The number of carbonyl (C=O) groups excluding carboxylic acids is 1. The van der Waals surface area contributed by atoms with Crippen molar-refractivity contribution in [2.24, 2.45) is 0 Å². The van der Waals surface area contributed by atoms with Gasteiger partial charge in [-0.1, -0.05) is 36.4 Å². The standard InChI is InChI=1S/C22H26N2O2/c1-2-26-19-9-7-17(8-10-19)15-22(25)24-14-13-23-12-11-18-5-3-4-6-20(18)21(23)16-24/h3-10,21H,2,11-16H2,1H3. The fourth-order valence-electron chi connectivity index (χ4n) is 4.12. The summed E-state index contributed by atoms with van der Waals surface area (Å²) in [5.74, 6) is 1.08. The molecular formula is C22H26N2O2. The Hall–Kier alpha value is -2.33. The molecule has 2 heterocycles. The second-order valence-corrected chi connectivity index (χ2v) is 7.09. The van der Waals surface area contributed by atoms with Crippen LogP contribution in [-0.4, -0.2) is 48.5 Å². The molecule has 1 amide bonds. The van der Waals surface area contributed by atoms with Gasteiger partial charge < -0.3 is 9.64 Å². The molecule has 0 N–H and O–H groups in total. The van der Waals surface area contributed by atoms with Crippen LogP contribution in [0.2, 0.25) is 0 Å². The van der Waals surface area contributed by atoms with Crippen LogP contribution in [0.15, 0.2) is 48.5 Å². The Morgan fingerprint density at radius 2 is 1.88 bits per heavy atom. The summed E-state index contributed by atoms with van der Waals surface area (Å²) in [6.45, 7) is 6.32. The lowest BCUT2D eigenvalue weighted by Gasteiger charge is -2.45. The van der Waals surface area contributed by atoms with E-state index in [1.807, 2.05) is 36.1 Å². The number of amides is 1. The van der Waals surface area contributed by atoms with Crippen LogP contribution >= 0.6 is 0 Å². The molecule has 1 fully saturated rings. The Bertz CT molecular complexity index is 772. The van der Waals surface area contributed by atoms with Crippen molar-refractivity contribution in [1.29, 1.82) is 0 Å². The van der Waals surface area contributed by atoms with E-state index in [1.54, 1.807) is 0 Å². The van der Waals surface area contributed by atoms with Crippen LogP contribution in [-0.2, 0) is 17.6 Å². The number of hydrogen-bond donors (Lipinski definition) is 0. The Labute approximate surface area is 155 Å². The molecule has 0 aliphatic carbocycles. The van der Waals surface area contributed by atoms with Crippen LogP contribution in [0.4, 0.5) is 0 Å². The molecule has 0 saturated carbocycles. The van der Waals surface area contributed by atoms with E-state index in [2.05, 4.69) is 29.2 Å². The van der Waals surface area contributed by atoms with Crippen LogP contribution < -0.4 is 4.74 Å². The number of rotatable bonds is 4. The van der Waals surface area contributed by atoms with Crippen LogP contribution in [0.3, 0.4) is 0 Å². The maximum Gasteiger partial charge on any atom is 0.227 e. The van der Waals surface area contributed by atoms with Crippen LogP contribution in [0.5, 0.6) is 5.75 Å². The first-order valence-corrected chi connectivity index (χ1v) is 9.56. The molecule has 136 valence electrons. The number of carbonyl (C=O) groups is 1. The normalized spacial score (nSPS) is 19.6. The summed E-state index contributed by atoms with van der Waals surface area (Å²) < 4.78 is 5.47. The maximum atomic E-state index is 12.8. The largest absolute Gasteiger partial charge is 0.494 e. The minimum absolute atomic E-state index is 0.219. The molecule has 4 nitrogen and oxygen atoms in total. The average molecular weight is 350 g/mol. The van der Waals surface area contributed by atoms with Gasteiger partial charge in [-0.2, -0.15) is 0 Å². The van der Waals surface area contributed by atoms with Gasteiger partial charge in [0.05, 0.1) is 19.1 Å². The van der Waals surface area contributed by atoms with Crippen molar-refractivity contribution in [2.45, 2.75) is 25.8 Å².